The highest BCUT2D eigenvalue weighted by Crippen LogP contribution is 2.38. The molecule has 2 atom stereocenters. The van der Waals surface area contributed by atoms with Crippen molar-refractivity contribution in [3.63, 3.8) is 0 Å². The van der Waals surface area contributed by atoms with E-state index in [0.29, 0.717) is 0 Å². The molecule has 1 aromatic carbocycles. The van der Waals surface area contributed by atoms with E-state index in [1.807, 2.05) is 0 Å². The Morgan fingerprint density at radius 3 is 2.42 bits per heavy atom. The summed E-state index contributed by atoms with van der Waals surface area (Å²) in [6.45, 7) is 0.121. The van der Waals surface area contributed by atoms with E-state index in [0.717, 1.165) is 25.7 Å². The number of hydrogen-bond acceptors (Lipinski definition) is 3. The Morgan fingerprint density at radius 1 is 1.23 bits per heavy atom. The van der Waals surface area contributed by atoms with E-state index in [9.17, 15) is 18.8 Å². The monoisotopic (exact) mass is 380 g/mol. The number of fused-ring (bicyclic) bond motifs is 1. The van der Waals surface area contributed by atoms with E-state index in [-0.39, 0.29) is 59.7 Å². The van der Waals surface area contributed by atoms with Crippen molar-refractivity contribution in [2.24, 2.45) is 11.8 Å². The number of imide groups is 1. The van der Waals surface area contributed by atoms with Crippen LogP contribution in [0.25, 0.3) is 0 Å². The molecule has 1 saturated carbocycles. The maximum atomic E-state index is 13.9. The molecule has 0 aromatic heterocycles. The fourth-order valence-corrected chi connectivity index (χ4v) is 4.08. The van der Waals surface area contributed by atoms with Gasteiger partial charge >= 0.3 is 0 Å². The zero-order chi connectivity index (χ0) is 18.8. The number of carbonyl (C=O) groups excluding carboxylic acids is 3. The van der Waals surface area contributed by atoms with Gasteiger partial charge in [0.2, 0.25) is 17.7 Å². The van der Waals surface area contributed by atoms with Crippen LogP contribution in [0.1, 0.15) is 37.7 Å². The number of benzene rings is 1. The number of halogens is 2. The van der Waals surface area contributed by atoms with Gasteiger partial charge in [-0.2, -0.15) is 0 Å². The van der Waals surface area contributed by atoms with Gasteiger partial charge in [0.15, 0.2) is 0 Å². The summed E-state index contributed by atoms with van der Waals surface area (Å²) < 4.78 is 13.9. The van der Waals surface area contributed by atoms with Crippen LogP contribution in [0, 0.1) is 17.7 Å². The first kappa shape index (κ1) is 18.8. The second-order valence-electron chi connectivity index (χ2n) is 7.03. The van der Waals surface area contributed by atoms with Crippen molar-refractivity contribution in [1.82, 2.24) is 9.80 Å². The molecule has 1 aromatic rings. The topological polar surface area (TPSA) is 57.7 Å². The minimum atomic E-state index is -0.467. The molecule has 26 heavy (non-hydrogen) atoms. The molecule has 2 fully saturated rings. The van der Waals surface area contributed by atoms with Crippen molar-refractivity contribution in [3.8, 4) is 0 Å². The summed E-state index contributed by atoms with van der Waals surface area (Å²) in [6.07, 6.45) is 3.48. The lowest BCUT2D eigenvalue weighted by Crippen LogP contribution is -2.36. The van der Waals surface area contributed by atoms with Crippen molar-refractivity contribution in [3.05, 3.63) is 34.6 Å². The van der Waals surface area contributed by atoms with Crippen molar-refractivity contribution in [1.29, 1.82) is 0 Å². The predicted molar refractivity (Wildman–Crippen MR) is 94.7 cm³/mol. The van der Waals surface area contributed by atoms with Crippen LogP contribution in [0.4, 0.5) is 4.39 Å². The number of carbonyl (C=O) groups is 3. The number of likely N-dealkylation sites (tertiary alicyclic amines) is 1. The number of hydrogen-bond donors (Lipinski definition) is 0. The summed E-state index contributed by atoms with van der Waals surface area (Å²) in [6, 6.07) is 4.37. The van der Waals surface area contributed by atoms with Crippen LogP contribution in [0.15, 0.2) is 18.2 Å². The summed E-state index contributed by atoms with van der Waals surface area (Å²) in [7, 11) is 1.55. The van der Waals surface area contributed by atoms with Crippen LogP contribution in [0.3, 0.4) is 0 Å². The summed E-state index contributed by atoms with van der Waals surface area (Å²) >= 11 is 5.99. The SMILES string of the molecule is CN(Cc1c(F)cccc1Cl)C(=O)CCN1C(=O)[C@H]2CCCC[C@H]2C1=O. The van der Waals surface area contributed by atoms with Crippen molar-refractivity contribution in [2.75, 3.05) is 13.6 Å². The van der Waals surface area contributed by atoms with Gasteiger partial charge < -0.3 is 4.90 Å². The van der Waals surface area contributed by atoms with Gasteiger partial charge in [0.1, 0.15) is 5.82 Å². The molecular formula is C19H22ClFN2O3. The molecule has 0 radical (unpaired) electrons. The third-order valence-corrected chi connectivity index (χ3v) is 5.72. The first-order chi connectivity index (χ1) is 12.4. The van der Waals surface area contributed by atoms with Gasteiger partial charge in [0.05, 0.1) is 11.8 Å². The quantitative estimate of drug-likeness (QED) is 0.738. The van der Waals surface area contributed by atoms with Crippen LogP contribution < -0.4 is 0 Å². The van der Waals surface area contributed by atoms with Crippen LogP contribution in [0.2, 0.25) is 5.02 Å². The molecule has 140 valence electrons. The largest absolute Gasteiger partial charge is 0.341 e. The fourth-order valence-electron chi connectivity index (χ4n) is 3.86. The van der Waals surface area contributed by atoms with Gasteiger partial charge in [-0.1, -0.05) is 30.5 Å². The van der Waals surface area contributed by atoms with Gasteiger partial charge in [-0.05, 0) is 25.0 Å². The Bertz CT molecular complexity index is 695. The maximum absolute atomic E-state index is 13.9. The zero-order valence-electron chi connectivity index (χ0n) is 14.7. The number of nitrogens with zero attached hydrogens (tertiary/aromatic N) is 2. The van der Waals surface area contributed by atoms with Crippen LogP contribution in [-0.4, -0.2) is 41.1 Å². The summed E-state index contributed by atoms with van der Waals surface area (Å²) in [5, 5.41) is 0.263. The van der Waals surface area contributed by atoms with Crippen molar-refractivity contribution < 1.29 is 18.8 Å². The van der Waals surface area contributed by atoms with E-state index in [4.69, 9.17) is 11.6 Å². The molecule has 0 N–H and O–H groups in total. The molecule has 1 heterocycles. The Balaban J connectivity index is 1.58. The van der Waals surface area contributed by atoms with Crippen LogP contribution >= 0.6 is 11.6 Å². The smallest absolute Gasteiger partial charge is 0.233 e. The van der Waals surface area contributed by atoms with E-state index < -0.39 is 5.82 Å². The van der Waals surface area contributed by atoms with E-state index >= 15 is 0 Å². The second kappa shape index (κ2) is 7.74. The normalized spacial score (nSPS) is 22.5. The van der Waals surface area contributed by atoms with E-state index in [1.165, 1.54) is 21.9 Å². The summed E-state index contributed by atoms with van der Waals surface area (Å²) in [5.41, 5.74) is 0.254. The Labute approximate surface area is 157 Å². The number of rotatable bonds is 5. The van der Waals surface area contributed by atoms with Gasteiger partial charge in [-0.15, -0.1) is 0 Å². The Morgan fingerprint density at radius 2 is 1.85 bits per heavy atom. The highest BCUT2D eigenvalue weighted by Gasteiger charge is 2.47. The van der Waals surface area contributed by atoms with Crippen LogP contribution in [0.5, 0.6) is 0 Å². The molecule has 0 spiro atoms. The minimum Gasteiger partial charge on any atom is -0.341 e. The zero-order valence-corrected chi connectivity index (χ0v) is 15.5. The molecule has 0 bridgehead atoms. The third-order valence-electron chi connectivity index (χ3n) is 5.36. The second-order valence-corrected chi connectivity index (χ2v) is 7.43. The highest BCUT2D eigenvalue weighted by molar-refractivity contribution is 6.31. The average molecular weight is 381 g/mol. The molecular weight excluding hydrogens is 359 g/mol. The first-order valence-corrected chi connectivity index (χ1v) is 9.30. The highest BCUT2D eigenvalue weighted by atomic mass is 35.5. The van der Waals surface area contributed by atoms with E-state index in [2.05, 4.69) is 0 Å². The predicted octanol–water partition coefficient (Wildman–Crippen LogP) is 3.00. The van der Waals surface area contributed by atoms with E-state index in [1.54, 1.807) is 13.1 Å². The minimum absolute atomic E-state index is 0.0273. The molecule has 2 aliphatic rings. The molecule has 1 saturated heterocycles. The molecule has 3 rings (SSSR count). The van der Waals surface area contributed by atoms with Gasteiger partial charge in [-0.25, -0.2) is 4.39 Å². The summed E-state index contributed by atoms with van der Waals surface area (Å²) in [4.78, 5) is 39.8. The van der Waals surface area contributed by atoms with Crippen molar-refractivity contribution in [2.45, 2.75) is 38.6 Å². The molecule has 7 heteroatoms. The Kier molecular flexibility index (Phi) is 5.61. The molecule has 1 aliphatic heterocycles. The lowest BCUT2D eigenvalue weighted by molar-refractivity contribution is -0.140. The van der Waals surface area contributed by atoms with Gasteiger partial charge in [0, 0.05) is 37.1 Å². The Hall–Kier alpha value is -1.95. The average Bonchev–Trinajstić information content (AvgIpc) is 2.87. The fraction of sp³-hybridized carbons (Fsp3) is 0.526. The maximum Gasteiger partial charge on any atom is 0.233 e. The third kappa shape index (κ3) is 3.61. The van der Waals surface area contributed by atoms with Gasteiger partial charge in [-0.3, -0.25) is 19.3 Å². The molecule has 0 unspecified atom stereocenters. The molecule has 5 nitrogen and oxygen atoms in total. The first-order valence-electron chi connectivity index (χ1n) is 8.92. The lowest BCUT2D eigenvalue weighted by atomic mass is 9.81. The molecule has 3 amide bonds. The van der Waals surface area contributed by atoms with Crippen molar-refractivity contribution >= 4 is 29.3 Å². The van der Waals surface area contributed by atoms with Gasteiger partial charge in [0.25, 0.3) is 0 Å². The number of amides is 3. The van der Waals surface area contributed by atoms with Crippen LogP contribution in [-0.2, 0) is 20.9 Å². The standard InChI is InChI=1S/C19H22ClFN2O3/c1-22(11-14-15(20)7-4-8-16(14)21)17(24)9-10-23-18(25)12-5-2-3-6-13(12)19(23)26/h4,7-8,12-13H,2-3,5-6,9-11H2,1H3/t12-,13+. The lowest BCUT2D eigenvalue weighted by Gasteiger charge is -2.20. The molecule has 1 aliphatic carbocycles. The summed E-state index contributed by atoms with van der Waals surface area (Å²) in [5.74, 6) is -1.44.